The van der Waals surface area contributed by atoms with Crippen molar-refractivity contribution in [1.29, 1.82) is 0 Å². The number of hydrogen-bond acceptors (Lipinski definition) is 6. The molecule has 1 aliphatic heterocycles. The van der Waals surface area contributed by atoms with E-state index in [2.05, 4.69) is 18.0 Å². The van der Waals surface area contributed by atoms with Gasteiger partial charge in [-0.3, -0.25) is 4.79 Å². The molecule has 25 heavy (non-hydrogen) atoms. The number of aliphatic imine (C=N–C) groups is 1. The fraction of sp³-hybridized carbons (Fsp3) is 0.278. The molecule has 4 nitrogen and oxygen atoms in total. The highest BCUT2D eigenvalue weighted by Crippen LogP contribution is 2.39. The average molecular weight is 388 g/mol. The number of rotatable bonds is 2. The molecule has 0 fully saturated rings. The van der Waals surface area contributed by atoms with Crippen molar-refractivity contribution < 1.29 is 0 Å². The van der Waals surface area contributed by atoms with E-state index in [1.165, 1.54) is 5.56 Å². The Morgan fingerprint density at radius 1 is 1.28 bits per heavy atom. The van der Waals surface area contributed by atoms with Gasteiger partial charge in [-0.25, -0.2) is 9.98 Å². The minimum atomic E-state index is -0.0436. The van der Waals surface area contributed by atoms with Gasteiger partial charge < -0.3 is 4.98 Å². The molecule has 0 spiro atoms. The van der Waals surface area contributed by atoms with Gasteiger partial charge in [-0.15, -0.1) is 11.3 Å². The molecule has 0 saturated carbocycles. The number of aromatic amines is 1. The predicted molar refractivity (Wildman–Crippen MR) is 111 cm³/mol. The molecule has 3 aromatic rings. The number of nitrogens with zero attached hydrogens (tertiary/aromatic N) is 2. The number of aryl methyl sites for hydroxylation is 2. The van der Waals surface area contributed by atoms with E-state index in [4.69, 9.17) is 9.98 Å². The summed E-state index contributed by atoms with van der Waals surface area (Å²) in [6, 6.07) is 8.22. The van der Waals surface area contributed by atoms with Gasteiger partial charge in [0.05, 0.1) is 16.3 Å². The molecule has 3 heterocycles. The summed E-state index contributed by atoms with van der Waals surface area (Å²) in [6.07, 6.45) is 0. The quantitative estimate of drug-likeness (QED) is 0.646. The number of benzene rings is 1. The fourth-order valence-corrected chi connectivity index (χ4v) is 6.03. The van der Waals surface area contributed by atoms with Gasteiger partial charge in [-0.1, -0.05) is 41.7 Å². The second kappa shape index (κ2) is 6.63. The Kier molecular flexibility index (Phi) is 4.47. The lowest BCUT2D eigenvalue weighted by Crippen LogP contribution is -2.13. The number of nitrogens with one attached hydrogen (secondary N) is 1. The molecule has 4 rings (SSSR count). The van der Waals surface area contributed by atoms with Gasteiger partial charge >= 0.3 is 0 Å². The third kappa shape index (κ3) is 3.16. The van der Waals surface area contributed by atoms with Crippen LogP contribution in [0, 0.1) is 13.8 Å². The Bertz CT molecular complexity index is 1050. The van der Waals surface area contributed by atoms with Gasteiger partial charge in [0, 0.05) is 10.6 Å². The first-order valence-corrected chi connectivity index (χ1v) is 10.7. The number of hydrogen-bond donors (Lipinski definition) is 1. The van der Waals surface area contributed by atoms with Crippen LogP contribution < -0.4 is 5.56 Å². The largest absolute Gasteiger partial charge is 0.309 e. The number of para-hydroxylation sites is 1. The summed E-state index contributed by atoms with van der Waals surface area (Å²) in [5, 5.41) is 0.762. The van der Waals surface area contributed by atoms with Crippen molar-refractivity contribution in [2.45, 2.75) is 31.8 Å². The molecule has 0 unspecified atom stereocenters. The summed E-state index contributed by atoms with van der Waals surface area (Å²) in [4.78, 5) is 26.8. The van der Waals surface area contributed by atoms with Crippen molar-refractivity contribution in [2.24, 2.45) is 4.99 Å². The molecular weight excluding hydrogens is 370 g/mol. The SMILES string of the molecule is Cc1sc2nc([C@H](C)SC3=Nc4ccccc4CS3)[nH]c(=O)c2c1C. The van der Waals surface area contributed by atoms with Crippen molar-refractivity contribution in [3.8, 4) is 0 Å². The lowest BCUT2D eigenvalue weighted by Gasteiger charge is -2.17. The third-order valence-corrected chi connectivity index (χ3v) is 7.68. The van der Waals surface area contributed by atoms with E-state index < -0.39 is 0 Å². The maximum absolute atomic E-state index is 12.5. The molecule has 1 aromatic carbocycles. The van der Waals surface area contributed by atoms with Crippen LogP contribution in [-0.2, 0) is 5.75 Å². The summed E-state index contributed by atoms with van der Waals surface area (Å²) in [6.45, 7) is 6.07. The molecule has 2 aromatic heterocycles. The van der Waals surface area contributed by atoms with E-state index in [1.807, 2.05) is 32.0 Å². The lowest BCUT2D eigenvalue weighted by molar-refractivity contribution is 0.930. The summed E-state index contributed by atoms with van der Waals surface area (Å²) >= 11 is 4.97. The number of aromatic nitrogens is 2. The van der Waals surface area contributed by atoms with Gasteiger partial charge in [0.2, 0.25) is 0 Å². The summed E-state index contributed by atoms with van der Waals surface area (Å²) in [5.41, 5.74) is 3.29. The molecule has 7 heteroatoms. The highest BCUT2D eigenvalue weighted by Gasteiger charge is 2.20. The zero-order valence-corrected chi connectivity index (χ0v) is 16.6. The highest BCUT2D eigenvalue weighted by atomic mass is 32.2. The van der Waals surface area contributed by atoms with E-state index in [9.17, 15) is 4.79 Å². The van der Waals surface area contributed by atoms with Gasteiger partial charge in [-0.2, -0.15) is 0 Å². The second-order valence-electron chi connectivity index (χ2n) is 5.97. The maximum Gasteiger partial charge on any atom is 0.259 e. The molecular formula is C18H17N3OS3. The van der Waals surface area contributed by atoms with Gasteiger partial charge in [0.25, 0.3) is 5.56 Å². The van der Waals surface area contributed by atoms with Crippen LogP contribution in [0.15, 0.2) is 34.1 Å². The molecule has 1 atom stereocenters. The van der Waals surface area contributed by atoms with Crippen LogP contribution in [-0.4, -0.2) is 14.3 Å². The minimum absolute atomic E-state index is 0.0383. The van der Waals surface area contributed by atoms with Gasteiger partial charge in [-0.05, 0) is 38.0 Å². The fourth-order valence-electron chi connectivity index (χ4n) is 2.74. The third-order valence-electron chi connectivity index (χ3n) is 4.27. The smallest absolute Gasteiger partial charge is 0.259 e. The van der Waals surface area contributed by atoms with Crippen LogP contribution in [0.3, 0.4) is 0 Å². The topological polar surface area (TPSA) is 58.1 Å². The van der Waals surface area contributed by atoms with Crippen LogP contribution in [0.5, 0.6) is 0 Å². The maximum atomic E-state index is 12.5. The summed E-state index contributed by atoms with van der Waals surface area (Å²) in [7, 11) is 0. The van der Waals surface area contributed by atoms with Crippen LogP contribution in [0.2, 0.25) is 0 Å². The zero-order chi connectivity index (χ0) is 17.6. The molecule has 0 saturated heterocycles. The van der Waals surface area contributed by atoms with Crippen LogP contribution in [0.4, 0.5) is 5.69 Å². The predicted octanol–water partition coefficient (Wildman–Crippen LogP) is 5.33. The van der Waals surface area contributed by atoms with Crippen LogP contribution in [0.1, 0.15) is 34.0 Å². The van der Waals surface area contributed by atoms with Crippen molar-refractivity contribution in [1.82, 2.24) is 9.97 Å². The van der Waals surface area contributed by atoms with Crippen LogP contribution >= 0.6 is 34.9 Å². The molecule has 0 bridgehead atoms. The second-order valence-corrected chi connectivity index (χ2v) is 9.72. The molecule has 128 valence electrons. The lowest BCUT2D eigenvalue weighted by atomic mass is 10.2. The van der Waals surface area contributed by atoms with Gasteiger partial charge in [0.15, 0.2) is 0 Å². The van der Waals surface area contributed by atoms with Gasteiger partial charge in [0.1, 0.15) is 15.0 Å². The Balaban J connectivity index is 1.64. The first-order valence-electron chi connectivity index (χ1n) is 7.99. The molecule has 1 N–H and O–H groups in total. The zero-order valence-electron chi connectivity index (χ0n) is 14.1. The Hall–Kier alpha value is -1.57. The first kappa shape index (κ1) is 16.9. The number of thioether (sulfide) groups is 2. The summed E-state index contributed by atoms with van der Waals surface area (Å²) < 4.78 is 1.02. The van der Waals surface area contributed by atoms with E-state index in [0.717, 1.165) is 36.5 Å². The molecule has 0 aliphatic carbocycles. The first-order chi connectivity index (χ1) is 12.0. The van der Waals surface area contributed by atoms with E-state index in [1.54, 1.807) is 34.9 Å². The van der Waals surface area contributed by atoms with E-state index in [-0.39, 0.29) is 10.8 Å². The Labute approximate surface area is 158 Å². The molecule has 1 aliphatic rings. The van der Waals surface area contributed by atoms with E-state index >= 15 is 0 Å². The summed E-state index contributed by atoms with van der Waals surface area (Å²) in [5.74, 6) is 1.65. The number of H-pyrrole nitrogens is 1. The van der Waals surface area contributed by atoms with Crippen LogP contribution in [0.25, 0.3) is 10.2 Å². The standard InChI is InChI=1S/C18H17N3OS3/c1-9-10(2)24-17-14(9)16(22)20-15(21-17)11(3)25-18-19-13-7-5-4-6-12(13)8-23-18/h4-7,11H,8H2,1-3H3,(H,20,21,22)/t11-/m0/s1. The van der Waals surface area contributed by atoms with Crippen molar-refractivity contribution in [3.05, 3.63) is 56.4 Å². The number of fused-ring (bicyclic) bond motifs is 2. The van der Waals surface area contributed by atoms with Crippen molar-refractivity contribution in [3.63, 3.8) is 0 Å². The average Bonchev–Trinajstić information content (AvgIpc) is 2.89. The monoisotopic (exact) mass is 387 g/mol. The van der Waals surface area contributed by atoms with Crippen molar-refractivity contribution in [2.75, 3.05) is 0 Å². The normalized spacial score (nSPS) is 15.1. The highest BCUT2D eigenvalue weighted by molar-refractivity contribution is 8.38. The molecule has 0 amide bonds. The Morgan fingerprint density at radius 3 is 2.92 bits per heavy atom. The minimum Gasteiger partial charge on any atom is -0.309 e. The molecule has 0 radical (unpaired) electrons. The Morgan fingerprint density at radius 2 is 2.08 bits per heavy atom. The van der Waals surface area contributed by atoms with E-state index in [0.29, 0.717) is 5.82 Å². The number of thiophene rings is 1. The van der Waals surface area contributed by atoms with Crippen molar-refractivity contribution >= 4 is 55.1 Å².